The second-order valence-electron chi connectivity index (χ2n) is 9.86. The lowest BCUT2D eigenvalue weighted by molar-refractivity contribution is 0.198. The molecule has 1 aliphatic carbocycles. The highest BCUT2D eigenvalue weighted by atomic mass is 16.5. The van der Waals surface area contributed by atoms with Gasteiger partial charge in [0.2, 0.25) is 5.90 Å². The summed E-state index contributed by atoms with van der Waals surface area (Å²) in [6.45, 7) is 2.82. The minimum atomic E-state index is 0.515. The van der Waals surface area contributed by atoms with Crippen LogP contribution in [0.25, 0.3) is 22.4 Å². The van der Waals surface area contributed by atoms with Crippen LogP contribution in [-0.2, 0) is 11.2 Å². The van der Waals surface area contributed by atoms with Crippen LogP contribution in [0.2, 0.25) is 0 Å². The maximum absolute atomic E-state index is 6.44. The molecule has 1 unspecified atom stereocenters. The second kappa shape index (κ2) is 9.37. The van der Waals surface area contributed by atoms with E-state index < -0.39 is 0 Å². The predicted molar refractivity (Wildman–Crippen MR) is 139 cm³/mol. The van der Waals surface area contributed by atoms with E-state index in [1.807, 2.05) is 24.4 Å². The van der Waals surface area contributed by atoms with Crippen molar-refractivity contribution in [2.24, 2.45) is 11.0 Å². The van der Waals surface area contributed by atoms with E-state index in [9.17, 15) is 0 Å². The van der Waals surface area contributed by atoms with Crippen LogP contribution in [0.3, 0.4) is 0 Å². The Labute approximate surface area is 210 Å². The summed E-state index contributed by atoms with van der Waals surface area (Å²) in [4.78, 5) is 4.69. The number of furan rings is 1. The Hall–Kier alpha value is -3.74. The average Bonchev–Trinajstić information content (AvgIpc) is 3.60. The van der Waals surface area contributed by atoms with E-state index in [4.69, 9.17) is 23.6 Å². The van der Waals surface area contributed by atoms with Gasteiger partial charge in [-0.15, -0.1) is 5.10 Å². The summed E-state index contributed by atoms with van der Waals surface area (Å²) >= 11 is 0. The van der Waals surface area contributed by atoms with Gasteiger partial charge in [0.25, 0.3) is 0 Å². The number of ether oxygens (including phenoxy) is 3. The molecule has 0 spiro atoms. The zero-order valence-electron chi connectivity index (χ0n) is 21.0. The third kappa shape index (κ3) is 4.34. The van der Waals surface area contributed by atoms with E-state index in [0.717, 1.165) is 34.7 Å². The van der Waals surface area contributed by atoms with E-state index in [-0.39, 0.29) is 0 Å². The van der Waals surface area contributed by atoms with E-state index >= 15 is 0 Å². The third-order valence-electron chi connectivity index (χ3n) is 7.39. The van der Waals surface area contributed by atoms with Crippen LogP contribution in [0.5, 0.6) is 11.5 Å². The fourth-order valence-corrected chi connectivity index (χ4v) is 5.38. The molecule has 1 saturated carbocycles. The molecule has 36 heavy (non-hydrogen) atoms. The maximum Gasteiger partial charge on any atom is 0.214 e. The van der Waals surface area contributed by atoms with Gasteiger partial charge in [0.1, 0.15) is 28.6 Å². The smallest absolute Gasteiger partial charge is 0.214 e. The van der Waals surface area contributed by atoms with Crippen LogP contribution in [0.4, 0.5) is 0 Å². The lowest BCUT2D eigenvalue weighted by Crippen LogP contribution is -2.20. The zero-order chi connectivity index (χ0) is 24.6. The fourth-order valence-electron chi connectivity index (χ4n) is 5.38. The molecule has 2 aromatic heterocycles. The minimum Gasteiger partial charge on any atom is -0.496 e. The molecule has 3 heterocycles. The van der Waals surface area contributed by atoms with Gasteiger partial charge in [-0.2, -0.15) is 0 Å². The largest absolute Gasteiger partial charge is 0.496 e. The number of methoxy groups -OCH3 is 2. The van der Waals surface area contributed by atoms with E-state index in [2.05, 4.69) is 36.3 Å². The van der Waals surface area contributed by atoms with Crippen LogP contribution >= 0.6 is 0 Å². The van der Waals surface area contributed by atoms with Crippen LogP contribution < -0.4 is 9.47 Å². The van der Waals surface area contributed by atoms with Crippen molar-refractivity contribution in [3.8, 4) is 23.0 Å². The number of fused-ring (bicyclic) bond motifs is 2. The molecule has 186 valence electrons. The lowest BCUT2D eigenvalue weighted by atomic mass is 9.78. The molecular formula is C29H31N3O4. The van der Waals surface area contributed by atoms with Gasteiger partial charge in [-0.25, -0.2) is 9.66 Å². The normalized spacial score (nSPS) is 19.2. The molecule has 2 aromatic carbocycles. The number of hydrogen-bond acceptors (Lipinski definition) is 6. The quantitative estimate of drug-likeness (QED) is 0.319. The summed E-state index contributed by atoms with van der Waals surface area (Å²) in [6.07, 6.45) is 7.26. The van der Waals surface area contributed by atoms with Gasteiger partial charge in [0, 0.05) is 12.1 Å². The summed E-state index contributed by atoms with van der Waals surface area (Å²) in [6, 6.07) is 14.9. The fraction of sp³-hybridized carbons (Fsp3) is 0.379. The summed E-state index contributed by atoms with van der Waals surface area (Å²) in [5.74, 6) is 4.77. The van der Waals surface area contributed by atoms with Crippen LogP contribution in [-0.4, -0.2) is 36.4 Å². The van der Waals surface area contributed by atoms with Gasteiger partial charge in [0.05, 0.1) is 38.8 Å². The van der Waals surface area contributed by atoms with Crippen molar-refractivity contribution >= 4 is 16.9 Å². The summed E-state index contributed by atoms with van der Waals surface area (Å²) < 4.78 is 25.1. The summed E-state index contributed by atoms with van der Waals surface area (Å²) in [5.41, 5.74) is 4.21. The average molecular weight is 486 g/mol. The number of aryl methyl sites for hydroxylation is 1. The van der Waals surface area contributed by atoms with Gasteiger partial charge in [-0.05, 0) is 49.7 Å². The van der Waals surface area contributed by atoms with E-state index in [1.54, 1.807) is 18.9 Å². The predicted octanol–water partition coefficient (Wildman–Crippen LogP) is 6.33. The number of benzene rings is 2. The third-order valence-corrected chi connectivity index (χ3v) is 7.39. The highest BCUT2D eigenvalue weighted by molar-refractivity contribution is 5.89. The molecule has 1 fully saturated rings. The van der Waals surface area contributed by atoms with Gasteiger partial charge in [0.15, 0.2) is 5.76 Å². The molecule has 0 N–H and O–H groups in total. The maximum atomic E-state index is 6.44. The Morgan fingerprint density at radius 1 is 1.06 bits per heavy atom. The zero-order valence-corrected chi connectivity index (χ0v) is 21.0. The monoisotopic (exact) mass is 485 g/mol. The SMILES string of the molecule is COC1=Nn2cc(-c3cc4c(OC[C@@H]5CCCC(c6ccc(C)cc6)C5)cc(OC)cc4o3)nc2C1. The molecule has 7 heteroatoms. The van der Waals surface area contributed by atoms with Gasteiger partial charge in [-0.1, -0.05) is 36.2 Å². The van der Waals surface area contributed by atoms with Crippen molar-refractivity contribution in [2.75, 3.05) is 20.8 Å². The molecule has 1 aliphatic heterocycles. The summed E-state index contributed by atoms with van der Waals surface area (Å²) in [7, 11) is 3.28. The molecule has 2 atom stereocenters. The van der Waals surface area contributed by atoms with E-state index in [0.29, 0.717) is 42.3 Å². The highest BCUT2D eigenvalue weighted by Gasteiger charge is 2.25. The molecule has 2 aliphatic rings. The first-order valence-corrected chi connectivity index (χ1v) is 12.6. The molecule has 7 nitrogen and oxygen atoms in total. The number of aromatic nitrogens is 2. The Kier molecular flexibility index (Phi) is 5.91. The molecule has 0 amide bonds. The van der Waals surface area contributed by atoms with Gasteiger partial charge >= 0.3 is 0 Å². The van der Waals surface area contributed by atoms with Gasteiger partial charge < -0.3 is 18.6 Å². The molecule has 0 radical (unpaired) electrons. The van der Waals surface area contributed by atoms with Crippen molar-refractivity contribution in [3.63, 3.8) is 0 Å². The first-order chi connectivity index (χ1) is 17.6. The number of imidazole rings is 1. The Bertz CT molecular complexity index is 1420. The number of nitrogens with zero attached hydrogens (tertiary/aromatic N) is 3. The van der Waals surface area contributed by atoms with Crippen LogP contribution in [0, 0.1) is 12.8 Å². The topological polar surface area (TPSA) is 71.0 Å². The first-order valence-electron chi connectivity index (χ1n) is 12.6. The number of rotatable bonds is 6. The van der Waals surface area contributed by atoms with Gasteiger partial charge in [-0.3, -0.25) is 0 Å². The molecular weight excluding hydrogens is 454 g/mol. The lowest BCUT2D eigenvalue weighted by Gasteiger charge is -2.29. The highest BCUT2D eigenvalue weighted by Crippen LogP contribution is 2.39. The van der Waals surface area contributed by atoms with E-state index in [1.165, 1.54) is 30.4 Å². The Balaban J connectivity index is 1.22. The van der Waals surface area contributed by atoms with Crippen molar-refractivity contribution < 1.29 is 18.6 Å². The standard InChI is InChI=1S/C29H31N3O4/c1-18-7-9-20(10-8-18)21-6-4-5-19(11-21)17-35-25-12-22(33-2)13-26-23(25)14-27(36-26)24-16-32-28(30-24)15-29(31-32)34-3/h7-10,12-14,16,19,21H,4-6,11,15,17H2,1-3H3/t19-,21?/m1/s1. The van der Waals surface area contributed by atoms with Crippen molar-refractivity contribution in [1.82, 2.24) is 9.66 Å². The second-order valence-corrected chi connectivity index (χ2v) is 9.86. The molecule has 4 aromatic rings. The minimum absolute atomic E-state index is 0.515. The number of hydrogen-bond donors (Lipinski definition) is 0. The molecule has 0 saturated heterocycles. The van der Waals surface area contributed by atoms with Crippen LogP contribution in [0.15, 0.2) is 58.2 Å². The summed E-state index contributed by atoms with van der Waals surface area (Å²) in [5, 5.41) is 5.31. The van der Waals surface area contributed by atoms with Crippen LogP contribution in [0.1, 0.15) is 48.6 Å². The van der Waals surface area contributed by atoms with Crippen molar-refractivity contribution in [1.29, 1.82) is 0 Å². The Morgan fingerprint density at radius 2 is 1.92 bits per heavy atom. The Morgan fingerprint density at radius 3 is 2.69 bits per heavy atom. The van der Waals surface area contributed by atoms with Crippen molar-refractivity contribution in [3.05, 3.63) is 65.6 Å². The van der Waals surface area contributed by atoms with Crippen molar-refractivity contribution in [2.45, 2.75) is 44.9 Å². The molecule has 0 bridgehead atoms. The first kappa shape index (κ1) is 22.7. The molecule has 6 rings (SSSR count).